The molecule has 4 nitrogen and oxygen atoms in total. The Morgan fingerprint density at radius 2 is 2.12 bits per heavy atom. The van der Waals surface area contributed by atoms with Crippen LogP contribution < -0.4 is 5.63 Å². The Bertz CT molecular complexity index is 642. The first-order chi connectivity index (χ1) is 7.56. The maximum Gasteiger partial charge on any atom is 0.350 e. The van der Waals surface area contributed by atoms with Crippen molar-refractivity contribution in [3.05, 3.63) is 38.7 Å². The summed E-state index contributed by atoms with van der Waals surface area (Å²) in [5, 5.41) is 10.4. The van der Waals surface area contributed by atoms with E-state index in [9.17, 15) is 14.7 Å². The predicted molar refractivity (Wildman–Crippen MR) is 59.3 cm³/mol. The molecular formula is C11H7ClO4. The van der Waals surface area contributed by atoms with Gasteiger partial charge in [0.05, 0.1) is 5.39 Å². The summed E-state index contributed by atoms with van der Waals surface area (Å²) in [6.45, 7) is 1.66. The van der Waals surface area contributed by atoms with E-state index in [4.69, 9.17) is 16.0 Å². The number of hydrogen-bond acceptors (Lipinski definition) is 4. The van der Waals surface area contributed by atoms with Crippen LogP contribution in [0.3, 0.4) is 0 Å². The quantitative estimate of drug-likeness (QED) is 0.611. The number of carbonyl (C=O) groups is 1. The van der Waals surface area contributed by atoms with Crippen LogP contribution >= 0.6 is 11.6 Å². The average Bonchev–Trinajstić information content (AvgIpc) is 2.25. The van der Waals surface area contributed by atoms with E-state index in [0.717, 1.165) is 0 Å². The number of hydrogen-bond donors (Lipinski definition) is 1. The topological polar surface area (TPSA) is 67.5 Å². The highest BCUT2D eigenvalue weighted by Gasteiger charge is 2.15. The molecule has 16 heavy (non-hydrogen) atoms. The van der Waals surface area contributed by atoms with Gasteiger partial charge in [-0.25, -0.2) is 4.79 Å². The van der Waals surface area contributed by atoms with E-state index < -0.39 is 5.63 Å². The van der Waals surface area contributed by atoms with E-state index in [2.05, 4.69) is 0 Å². The molecule has 0 aliphatic rings. The fourth-order valence-electron chi connectivity index (χ4n) is 1.48. The van der Waals surface area contributed by atoms with E-state index in [0.29, 0.717) is 16.0 Å². The van der Waals surface area contributed by atoms with Gasteiger partial charge in [0.15, 0.2) is 6.29 Å². The minimum absolute atomic E-state index is 0.195. The van der Waals surface area contributed by atoms with Crippen molar-refractivity contribution in [2.75, 3.05) is 0 Å². The van der Waals surface area contributed by atoms with Crippen LogP contribution in [0.4, 0.5) is 0 Å². The van der Waals surface area contributed by atoms with Gasteiger partial charge >= 0.3 is 5.63 Å². The lowest BCUT2D eigenvalue weighted by Crippen LogP contribution is -2.07. The van der Waals surface area contributed by atoms with Crippen molar-refractivity contribution in [2.24, 2.45) is 0 Å². The SMILES string of the molecule is Cc1c(Cl)ccc2c(O)c(C=O)c(=O)oc12. The minimum Gasteiger partial charge on any atom is -0.506 e. The van der Waals surface area contributed by atoms with Crippen LogP contribution in [0.2, 0.25) is 5.02 Å². The Morgan fingerprint density at radius 1 is 1.44 bits per heavy atom. The first-order valence-corrected chi connectivity index (χ1v) is 4.84. The molecule has 2 rings (SSSR count). The summed E-state index contributed by atoms with van der Waals surface area (Å²) in [5.41, 5.74) is -0.510. The second kappa shape index (κ2) is 3.64. The normalized spacial score (nSPS) is 10.6. The van der Waals surface area contributed by atoms with Crippen molar-refractivity contribution < 1.29 is 14.3 Å². The van der Waals surface area contributed by atoms with Crippen LogP contribution in [0.5, 0.6) is 5.75 Å². The molecule has 0 aliphatic carbocycles. The van der Waals surface area contributed by atoms with Crippen LogP contribution in [0.15, 0.2) is 21.3 Å². The standard InChI is InChI=1S/C11H7ClO4/c1-5-8(12)3-2-6-9(14)7(4-13)11(15)16-10(5)6/h2-4,14H,1H3. The summed E-state index contributed by atoms with van der Waals surface area (Å²) >= 11 is 5.85. The molecular weight excluding hydrogens is 232 g/mol. The molecule has 0 radical (unpaired) electrons. The van der Waals surface area contributed by atoms with E-state index in [-0.39, 0.29) is 23.2 Å². The van der Waals surface area contributed by atoms with Gasteiger partial charge < -0.3 is 9.52 Å². The van der Waals surface area contributed by atoms with Crippen LogP contribution in [0.1, 0.15) is 15.9 Å². The molecule has 82 valence electrons. The molecule has 0 saturated heterocycles. The second-order valence-corrected chi connectivity index (χ2v) is 3.73. The summed E-state index contributed by atoms with van der Waals surface area (Å²) in [6, 6.07) is 3.06. The Morgan fingerprint density at radius 3 is 2.75 bits per heavy atom. The molecule has 1 N–H and O–H groups in total. The Kier molecular flexibility index (Phi) is 2.44. The fraction of sp³-hybridized carbons (Fsp3) is 0.0909. The highest BCUT2D eigenvalue weighted by atomic mass is 35.5. The fourth-order valence-corrected chi connectivity index (χ4v) is 1.63. The monoisotopic (exact) mass is 238 g/mol. The molecule has 0 aliphatic heterocycles. The molecule has 0 fully saturated rings. The maximum absolute atomic E-state index is 11.3. The molecule has 1 heterocycles. The van der Waals surface area contributed by atoms with E-state index in [1.54, 1.807) is 13.0 Å². The maximum atomic E-state index is 11.3. The summed E-state index contributed by atoms with van der Waals surface area (Å²) < 4.78 is 4.94. The third-order valence-electron chi connectivity index (χ3n) is 2.38. The molecule has 2 aromatic rings. The Labute approximate surface area is 95.1 Å². The zero-order valence-corrected chi connectivity index (χ0v) is 9.04. The van der Waals surface area contributed by atoms with Crippen molar-refractivity contribution in [3.8, 4) is 5.75 Å². The van der Waals surface area contributed by atoms with Gasteiger partial charge in [-0.2, -0.15) is 0 Å². The van der Waals surface area contributed by atoms with Gasteiger partial charge in [0.1, 0.15) is 16.9 Å². The number of benzene rings is 1. The van der Waals surface area contributed by atoms with E-state index in [1.807, 2.05) is 0 Å². The van der Waals surface area contributed by atoms with Gasteiger partial charge in [-0.1, -0.05) is 11.6 Å². The predicted octanol–water partition coefficient (Wildman–Crippen LogP) is 2.27. The van der Waals surface area contributed by atoms with Crippen molar-refractivity contribution >= 4 is 28.9 Å². The van der Waals surface area contributed by atoms with Gasteiger partial charge in [0.25, 0.3) is 0 Å². The summed E-state index contributed by atoms with van der Waals surface area (Å²) in [5.74, 6) is -0.374. The first kappa shape index (κ1) is 10.7. The number of rotatable bonds is 1. The van der Waals surface area contributed by atoms with E-state index >= 15 is 0 Å². The molecule has 0 spiro atoms. The number of aromatic hydroxyl groups is 1. The van der Waals surface area contributed by atoms with Gasteiger partial charge in [-0.15, -0.1) is 0 Å². The van der Waals surface area contributed by atoms with Gasteiger partial charge in [-0.3, -0.25) is 4.79 Å². The zero-order chi connectivity index (χ0) is 11.9. The smallest absolute Gasteiger partial charge is 0.350 e. The molecule has 0 atom stereocenters. The average molecular weight is 239 g/mol. The van der Waals surface area contributed by atoms with Gasteiger partial charge in [0.2, 0.25) is 0 Å². The molecule has 0 saturated carbocycles. The number of halogens is 1. The molecule has 0 unspecified atom stereocenters. The third-order valence-corrected chi connectivity index (χ3v) is 2.79. The molecule has 5 heteroatoms. The summed E-state index contributed by atoms with van der Waals surface area (Å²) in [4.78, 5) is 21.9. The van der Waals surface area contributed by atoms with Crippen molar-refractivity contribution in [1.82, 2.24) is 0 Å². The Balaban J connectivity index is 3.04. The zero-order valence-electron chi connectivity index (χ0n) is 8.28. The lowest BCUT2D eigenvalue weighted by molar-refractivity contribution is 0.111. The molecule has 0 amide bonds. The first-order valence-electron chi connectivity index (χ1n) is 4.46. The molecule has 1 aromatic heterocycles. The van der Waals surface area contributed by atoms with E-state index in [1.165, 1.54) is 6.07 Å². The number of aldehydes is 1. The van der Waals surface area contributed by atoms with Crippen LogP contribution in [-0.4, -0.2) is 11.4 Å². The lowest BCUT2D eigenvalue weighted by atomic mass is 10.1. The van der Waals surface area contributed by atoms with Gasteiger partial charge in [0, 0.05) is 10.6 Å². The summed E-state index contributed by atoms with van der Waals surface area (Å²) in [6.07, 6.45) is 0.268. The third kappa shape index (κ3) is 1.39. The molecule has 0 bridgehead atoms. The summed E-state index contributed by atoms with van der Waals surface area (Å²) in [7, 11) is 0. The molecule has 1 aromatic carbocycles. The van der Waals surface area contributed by atoms with Crippen molar-refractivity contribution in [3.63, 3.8) is 0 Å². The van der Waals surface area contributed by atoms with Gasteiger partial charge in [-0.05, 0) is 19.1 Å². The largest absolute Gasteiger partial charge is 0.506 e. The van der Waals surface area contributed by atoms with Crippen molar-refractivity contribution in [1.29, 1.82) is 0 Å². The second-order valence-electron chi connectivity index (χ2n) is 3.32. The minimum atomic E-state index is -0.870. The Hall–Kier alpha value is -1.81. The number of fused-ring (bicyclic) bond motifs is 1. The van der Waals surface area contributed by atoms with Crippen molar-refractivity contribution in [2.45, 2.75) is 6.92 Å². The van der Waals surface area contributed by atoms with Crippen LogP contribution in [-0.2, 0) is 0 Å². The number of carbonyl (C=O) groups excluding carboxylic acids is 1. The number of aryl methyl sites for hydroxylation is 1. The highest BCUT2D eigenvalue weighted by molar-refractivity contribution is 6.32. The van der Waals surface area contributed by atoms with Crippen LogP contribution in [0.25, 0.3) is 11.0 Å². The van der Waals surface area contributed by atoms with Crippen LogP contribution in [0, 0.1) is 6.92 Å². The lowest BCUT2D eigenvalue weighted by Gasteiger charge is -2.05. The highest BCUT2D eigenvalue weighted by Crippen LogP contribution is 2.30.